The van der Waals surface area contributed by atoms with Crippen LogP contribution in [0, 0.1) is 0 Å². The maximum Gasteiger partial charge on any atom is 0.0355 e. The summed E-state index contributed by atoms with van der Waals surface area (Å²) in [6.07, 6.45) is 7.31. The first-order valence-corrected chi connectivity index (χ1v) is 12.4. The van der Waals surface area contributed by atoms with E-state index in [4.69, 9.17) is 11.5 Å². The lowest BCUT2D eigenvalue weighted by molar-refractivity contribution is 1.07. The molecule has 4 N–H and O–H groups in total. The van der Waals surface area contributed by atoms with Crippen LogP contribution >= 0.6 is 11.3 Å². The van der Waals surface area contributed by atoms with Gasteiger partial charge in [-0.3, -0.25) is 0 Å². The van der Waals surface area contributed by atoms with Crippen LogP contribution in [0.3, 0.4) is 0 Å². The number of allylic oxidation sites excluding steroid dienone is 3. The fourth-order valence-electron chi connectivity index (χ4n) is 3.73. The van der Waals surface area contributed by atoms with E-state index in [9.17, 15) is 0 Å². The molecule has 170 valence electrons. The zero-order valence-electron chi connectivity index (χ0n) is 19.9. The second-order valence-corrected chi connectivity index (χ2v) is 9.09. The van der Waals surface area contributed by atoms with E-state index in [0.717, 1.165) is 22.3 Å². The van der Waals surface area contributed by atoms with Crippen LogP contribution in [0.25, 0.3) is 36.9 Å². The molecule has 0 aliphatic heterocycles. The quantitative estimate of drug-likeness (QED) is 0.289. The van der Waals surface area contributed by atoms with Gasteiger partial charge in [0.05, 0.1) is 0 Å². The Kier molecular flexibility index (Phi) is 8.79. The Morgan fingerprint density at radius 3 is 2.21 bits per heavy atom. The summed E-state index contributed by atoms with van der Waals surface area (Å²) in [5.41, 5.74) is 18.6. The maximum absolute atomic E-state index is 5.85. The van der Waals surface area contributed by atoms with E-state index in [1.165, 1.54) is 37.7 Å². The van der Waals surface area contributed by atoms with Gasteiger partial charge in [0, 0.05) is 33.3 Å². The highest BCUT2D eigenvalue weighted by Gasteiger charge is 2.09. The largest absolute Gasteiger partial charge is 0.327 e. The van der Waals surface area contributed by atoms with Crippen molar-refractivity contribution in [2.45, 2.75) is 33.7 Å². The summed E-state index contributed by atoms with van der Waals surface area (Å²) in [6.45, 7) is 11.3. The fraction of sp³-hybridized carbons (Fsp3) is 0.200. The summed E-state index contributed by atoms with van der Waals surface area (Å²) in [6, 6.07) is 21.8. The number of hydrogen-bond donors (Lipinski definition) is 2. The van der Waals surface area contributed by atoms with Gasteiger partial charge in [-0.15, -0.1) is 11.3 Å². The summed E-state index contributed by atoms with van der Waals surface area (Å²) < 4.78 is 2.58. The molecular weight excluding hydrogens is 420 g/mol. The average molecular weight is 455 g/mol. The fourth-order valence-corrected chi connectivity index (χ4v) is 4.80. The SMILES string of the molecule is C=C/C(=C\C(=C/C)CN)c1ccc2sc3ccc(-c4cccc(CN)c4)cc3c2c1.CCC. The van der Waals surface area contributed by atoms with Crippen molar-refractivity contribution in [3.05, 3.63) is 102 Å². The van der Waals surface area contributed by atoms with Gasteiger partial charge in [0.25, 0.3) is 0 Å². The third-order valence-electron chi connectivity index (χ3n) is 5.47. The number of rotatable bonds is 6. The van der Waals surface area contributed by atoms with Crippen LogP contribution in [-0.4, -0.2) is 6.54 Å². The lowest BCUT2D eigenvalue weighted by Crippen LogP contribution is -2.01. The van der Waals surface area contributed by atoms with E-state index in [1.54, 1.807) is 0 Å². The normalized spacial score (nSPS) is 12.0. The van der Waals surface area contributed by atoms with Crippen molar-refractivity contribution in [1.29, 1.82) is 0 Å². The van der Waals surface area contributed by atoms with Crippen LogP contribution in [0.2, 0.25) is 0 Å². The van der Waals surface area contributed by atoms with Gasteiger partial charge in [0.15, 0.2) is 0 Å². The molecule has 0 fully saturated rings. The van der Waals surface area contributed by atoms with Gasteiger partial charge >= 0.3 is 0 Å². The predicted molar refractivity (Wildman–Crippen MR) is 150 cm³/mol. The summed E-state index contributed by atoms with van der Waals surface area (Å²) in [7, 11) is 0. The van der Waals surface area contributed by atoms with Crippen molar-refractivity contribution in [2.24, 2.45) is 11.5 Å². The second-order valence-electron chi connectivity index (χ2n) is 8.01. The summed E-state index contributed by atoms with van der Waals surface area (Å²) in [5, 5.41) is 2.55. The molecule has 0 amide bonds. The molecule has 0 aliphatic rings. The molecule has 0 saturated heterocycles. The first kappa shape index (κ1) is 24.7. The van der Waals surface area contributed by atoms with Gasteiger partial charge in [0.2, 0.25) is 0 Å². The minimum Gasteiger partial charge on any atom is -0.327 e. The molecule has 0 aliphatic carbocycles. The molecule has 4 aromatic rings. The van der Waals surface area contributed by atoms with Crippen molar-refractivity contribution in [2.75, 3.05) is 6.54 Å². The van der Waals surface area contributed by atoms with Gasteiger partial charge < -0.3 is 11.5 Å². The average Bonchev–Trinajstić information content (AvgIpc) is 3.22. The Hall–Kier alpha value is -2.98. The van der Waals surface area contributed by atoms with Crippen LogP contribution < -0.4 is 11.5 Å². The van der Waals surface area contributed by atoms with Crippen molar-refractivity contribution >= 4 is 37.1 Å². The minimum absolute atomic E-state index is 0.517. The number of nitrogens with two attached hydrogens (primary N) is 2. The zero-order chi connectivity index (χ0) is 23.8. The maximum atomic E-state index is 5.85. The molecule has 0 spiro atoms. The van der Waals surface area contributed by atoms with Gasteiger partial charge in [0.1, 0.15) is 0 Å². The molecule has 0 bridgehead atoms. The van der Waals surface area contributed by atoms with Crippen LogP contribution in [0.4, 0.5) is 0 Å². The minimum atomic E-state index is 0.517. The predicted octanol–water partition coefficient (Wildman–Crippen LogP) is 8.07. The van der Waals surface area contributed by atoms with Gasteiger partial charge in [-0.25, -0.2) is 0 Å². The Bertz CT molecular complexity index is 1310. The molecule has 4 rings (SSSR count). The molecule has 3 aromatic carbocycles. The van der Waals surface area contributed by atoms with E-state index >= 15 is 0 Å². The Morgan fingerprint density at radius 1 is 0.909 bits per heavy atom. The summed E-state index contributed by atoms with van der Waals surface area (Å²) in [5.74, 6) is 0. The Balaban J connectivity index is 0.000000968. The Morgan fingerprint density at radius 2 is 1.58 bits per heavy atom. The Labute approximate surface area is 201 Å². The second kappa shape index (κ2) is 11.8. The molecule has 2 nitrogen and oxygen atoms in total. The molecule has 3 heteroatoms. The standard InChI is InChI=1S/C27H26N2S.C3H8/c1-3-18(16-28)12-20(4-2)22-8-10-26-24(14-22)25-15-23(9-11-27(25)30-26)21-7-5-6-19(13-21)17-29;1-3-2/h3-15H,2,16-17,28-29H2,1H3;3H2,1-2H3/b18-3+,20-12+;. The van der Waals surface area contributed by atoms with E-state index in [0.29, 0.717) is 13.1 Å². The summed E-state index contributed by atoms with van der Waals surface area (Å²) >= 11 is 1.83. The van der Waals surface area contributed by atoms with E-state index < -0.39 is 0 Å². The zero-order valence-corrected chi connectivity index (χ0v) is 20.7. The highest BCUT2D eigenvalue weighted by Crippen LogP contribution is 2.38. The van der Waals surface area contributed by atoms with Gasteiger partial charge in [-0.1, -0.05) is 75.4 Å². The topological polar surface area (TPSA) is 52.0 Å². The molecule has 33 heavy (non-hydrogen) atoms. The number of hydrogen-bond acceptors (Lipinski definition) is 3. The lowest BCUT2D eigenvalue weighted by atomic mass is 9.98. The summed E-state index contributed by atoms with van der Waals surface area (Å²) in [4.78, 5) is 0. The lowest BCUT2D eigenvalue weighted by Gasteiger charge is -2.06. The number of thiophene rings is 1. The molecule has 1 heterocycles. The van der Waals surface area contributed by atoms with E-state index in [2.05, 4.69) is 87.2 Å². The molecular formula is C30H34N2S. The molecule has 0 unspecified atom stereocenters. The molecule has 0 radical (unpaired) electrons. The molecule has 0 atom stereocenters. The highest BCUT2D eigenvalue weighted by molar-refractivity contribution is 7.25. The van der Waals surface area contributed by atoms with Crippen molar-refractivity contribution in [3.63, 3.8) is 0 Å². The molecule has 1 aromatic heterocycles. The van der Waals surface area contributed by atoms with Crippen LogP contribution in [0.15, 0.2) is 91.0 Å². The van der Waals surface area contributed by atoms with Crippen molar-refractivity contribution in [1.82, 2.24) is 0 Å². The van der Waals surface area contributed by atoms with Crippen LogP contribution in [0.1, 0.15) is 38.3 Å². The highest BCUT2D eigenvalue weighted by atomic mass is 32.1. The monoisotopic (exact) mass is 454 g/mol. The number of benzene rings is 3. The van der Waals surface area contributed by atoms with Crippen LogP contribution in [-0.2, 0) is 6.54 Å². The smallest absolute Gasteiger partial charge is 0.0355 e. The van der Waals surface area contributed by atoms with Crippen molar-refractivity contribution in [3.8, 4) is 11.1 Å². The van der Waals surface area contributed by atoms with E-state index in [-0.39, 0.29) is 0 Å². The third kappa shape index (κ3) is 5.69. The van der Waals surface area contributed by atoms with Crippen LogP contribution in [0.5, 0.6) is 0 Å². The molecule has 0 saturated carbocycles. The van der Waals surface area contributed by atoms with Gasteiger partial charge in [-0.05, 0) is 70.7 Å². The van der Waals surface area contributed by atoms with Gasteiger partial charge in [-0.2, -0.15) is 0 Å². The first-order chi connectivity index (χ1) is 16.1. The number of fused-ring (bicyclic) bond motifs is 3. The van der Waals surface area contributed by atoms with E-state index in [1.807, 2.05) is 30.4 Å². The van der Waals surface area contributed by atoms with Crippen molar-refractivity contribution < 1.29 is 0 Å². The third-order valence-corrected chi connectivity index (χ3v) is 6.62. The first-order valence-electron chi connectivity index (χ1n) is 11.5.